The molecule has 0 fully saturated rings. The van der Waals surface area contributed by atoms with Crippen molar-refractivity contribution in [2.45, 2.75) is 44.4 Å². The second-order valence-corrected chi connectivity index (χ2v) is 5.02. The van der Waals surface area contributed by atoms with Crippen LogP contribution in [0.2, 0.25) is 0 Å². The van der Waals surface area contributed by atoms with Gasteiger partial charge in [0, 0.05) is 17.3 Å². The molecule has 0 spiro atoms. The summed E-state index contributed by atoms with van der Waals surface area (Å²) in [5.41, 5.74) is 0.976. The Kier molecular flexibility index (Phi) is 4.50. The Bertz CT molecular complexity index is 245. The third kappa shape index (κ3) is 4.46. The number of alkyl halides is 1. The van der Waals surface area contributed by atoms with Crippen molar-refractivity contribution in [3.63, 3.8) is 0 Å². The van der Waals surface area contributed by atoms with Crippen molar-refractivity contribution >= 4 is 15.9 Å². The van der Waals surface area contributed by atoms with Gasteiger partial charge in [0.2, 0.25) is 0 Å². The van der Waals surface area contributed by atoms with Gasteiger partial charge in [-0.25, -0.2) is 0 Å². The highest BCUT2D eigenvalue weighted by Gasteiger charge is 2.01. The molecule has 13 heavy (non-hydrogen) atoms. The molecule has 3 heteroatoms. The van der Waals surface area contributed by atoms with Gasteiger partial charge in [-0.3, -0.25) is 0 Å². The van der Waals surface area contributed by atoms with Crippen molar-refractivity contribution in [3.05, 3.63) is 17.5 Å². The summed E-state index contributed by atoms with van der Waals surface area (Å²) in [6.45, 7) is 4.13. The molecule has 2 nitrogen and oxygen atoms in total. The van der Waals surface area contributed by atoms with Crippen LogP contribution in [0.25, 0.3) is 0 Å². The van der Waals surface area contributed by atoms with Crippen LogP contribution in [0, 0.1) is 6.92 Å². The van der Waals surface area contributed by atoms with Crippen molar-refractivity contribution in [3.8, 4) is 0 Å². The zero-order chi connectivity index (χ0) is 9.68. The van der Waals surface area contributed by atoms with Crippen molar-refractivity contribution in [1.82, 2.24) is 5.16 Å². The summed E-state index contributed by atoms with van der Waals surface area (Å²) in [6.07, 6.45) is 4.67. The molecule has 0 amide bonds. The van der Waals surface area contributed by atoms with Crippen LogP contribution in [0.5, 0.6) is 0 Å². The first-order valence-electron chi connectivity index (χ1n) is 4.75. The number of rotatable bonds is 5. The first-order chi connectivity index (χ1) is 6.18. The highest BCUT2D eigenvalue weighted by atomic mass is 79.9. The number of hydrogen-bond acceptors (Lipinski definition) is 2. The molecule has 1 rings (SSSR count). The van der Waals surface area contributed by atoms with E-state index in [9.17, 15) is 0 Å². The summed E-state index contributed by atoms with van der Waals surface area (Å²) >= 11 is 3.53. The second-order valence-electron chi connectivity index (χ2n) is 3.46. The van der Waals surface area contributed by atoms with Crippen molar-refractivity contribution in [2.75, 3.05) is 0 Å². The Morgan fingerprint density at radius 3 is 2.85 bits per heavy atom. The summed E-state index contributed by atoms with van der Waals surface area (Å²) in [4.78, 5) is 0.629. The Balaban J connectivity index is 2.13. The zero-order valence-corrected chi connectivity index (χ0v) is 9.80. The number of hydrogen-bond donors (Lipinski definition) is 0. The van der Waals surface area contributed by atoms with Crippen LogP contribution in [-0.2, 0) is 6.42 Å². The summed E-state index contributed by atoms with van der Waals surface area (Å²) in [7, 11) is 0. The molecular formula is C10H16BrNO. The molecule has 0 aliphatic rings. The molecule has 74 valence electrons. The maximum atomic E-state index is 5.11. The average molecular weight is 246 g/mol. The number of aryl methyl sites for hydroxylation is 2. The number of nitrogens with zero attached hydrogens (tertiary/aromatic N) is 1. The van der Waals surface area contributed by atoms with Crippen LogP contribution in [0.15, 0.2) is 10.6 Å². The maximum Gasteiger partial charge on any atom is 0.136 e. The van der Waals surface area contributed by atoms with Crippen LogP contribution in [0.4, 0.5) is 0 Å². The van der Waals surface area contributed by atoms with E-state index in [1.807, 2.05) is 13.0 Å². The molecule has 0 aliphatic carbocycles. The van der Waals surface area contributed by atoms with Crippen molar-refractivity contribution in [1.29, 1.82) is 0 Å². The quantitative estimate of drug-likeness (QED) is 0.587. The SMILES string of the molecule is Cc1cc(CCCCC(C)Br)on1. The summed E-state index contributed by atoms with van der Waals surface area (Å²) in [5.74, 6) is 1.01. The molecular weight excluding hydrogens is 230 g/mol. The predicted molar refractivity (Wildman–Crippen MR) is 57.2 cm³/mol. The highest BCUT2D eigenvalue weighted by molar-refractivity contribution is 9.09. The van der Waals surface area contributed by atoms with E-state index in [1.54, 1.807) is 0 Å². The van der Waals surface area contributed by atoms with Gasteiger partial charge in [0.15, 0.2) is 0 Å². The van der Waals surface area contributed by atoms with E-state index in [-0.39, 0.29) is 0 Å². The first kappa shape index (κ1) is 10.8. The van der Waals surface area contributed by atoms with Crippen LogP contribution < -0.4 is 0 Å². The smallest absolute Gasteiger partial charge is 0.136 e. The van der Waals surface area contributed by atoms with E-state index in [2.05, 4.69) is 28.0 Å². The molecule has 0 bridgehead atoms. The van der Waals surface area contributed by atoms with Crippen molar-refractivity contribution < 1.29 is 4.52 Å². The molecule has 0 saturated carbocycles. The van der Waals surface area contributed by atoms with Crippen molar-refractivity contribution in [2.24, 2.45) is 0 Å². The zero-order valence-electron chi connectivity index (χ0n) is 8.22. The second kappa shape index (κ2) is 5.43. The highest BCUT2D eigenvalue weighted by Crippen LogP contribution is 2.12. The summed E-state index contributed by atoms with van der Waals surface area (Å²) < 4.78 is 5.11. The molecule has 1 atom stereocenters. The summed E-state index contributed by atoms with van der Waals surface area (Å²) in [6, 6.07) is 2.01. The molecule has 1 aromatic rings. The van der Waals surface area contributed by atoms with E-state index < -0.39 is 0 Å². The monoisotopic (exact) mass is 245 g/mol. The maximum absolute atomic E-state index is 5.11. The fourth-order valence-electron chi connectivity index (χ4n) is 1.26. The van der Waals surface area contributed by atoms with Crippen LogP contribution in [0.1, 0.15) is 37.6 Å². The minimum Gasteiger partial charge on any atom is -0.361 e. The van der Waals surface area contributed by atoms with Crippen LogP contribution in [-0.4, -0.2) is 9.98 Å². The molecule has 1 unspecified atom stereocenters. The Morgan fingerprint density at radius 1 is 1.54 bits per heavy atom. The minimum atomic E-state index is 0.629. The van der Waals surface area contributed by atoms with Crippen LogP contribution >= 0.6 is 15.9 Å². The normalized spacial score (nSPS) is 13.2. The van der Waals surface area contributed by atoms with Gasteiger partial charge in [0.25, 0.3) is 0 Å². The standard InChI is InChI=1S/C10H16BrNO/c1-8(11)5-3-4-6-10-7-9(2)12-13-10/h7-8H,3-6H2,1-2H3. The van der Waals surface area contributed by atoms with Gasteiger partial charge in [0.05, 0.1) is 5.69 Å². The van der Waals surface area contributed by atoms with E-state index in [0.29, 0.717) is 4.83 Å². The molecule has 0 radical (unpaired) electrons. The topological polar surface area (TPSA) is 26.0 Å². The first-order valence-corrected chi connectivity index (χ1v) is 5.66. The lowest BCUT2D eigenvalue weighted by Gasteiger charge is -2.00. The Labute approximate surface area is 87.8 Å². The Morgan fingerprint density at radius 2 is 2.31 bits per heavy atom. The lowest BCUT2D eigenvalue weighted by atomic mass is 10.1. The van der Waals surface area contributed by atoms with Crippen LogP contribution in [0.3, 0.4) is 0 Å². The van der Waals surface area contributed by atoms with Gasteiger partial charge in [-0.2, -0.15) is 0 Å². The Hall–Kier alpha value is -0.310. The number of halogens is 1. The predicted octanol–water partition coefficient (Wildman–Crippen LogP) is 3.48. The fraction of sp³-hybridized carbons (Fsp3) is 0.700. The van der Waals surface area contributed by atoms with E-state index in [1.165, 1.54) is 19.3 Å². The van der Waals surface area contributed by atoms with Gasteiger partial charge in [-0.05, 0) is 19.8 Å². The summed E-state index contributed by atoms with van der Waals surface area (Å²) in [5, 5.41) is 3.85. The number of aromatic nitrogens is 1. The van der Waals surface area contributed by atoms with Gasteiger partial charge in [-0.1, -0.05) is 34.4 Å². The van der Waals surface area contributed by atoms with Gasteiger partial charge in [0.1, 0.15) is 5.76 Å². The fourth-order valence-corrected chi connectivity index (χ4v) is 1.58. The molecule has 1 heterocycles. The molecule has 0 aliphatic heterocycles. The molecule has 0 saturated heterocycles. The number of unbranched alkanes of at least 4 members (excludes halogenated alkanes) is 1. The average Bonchev–Trinajstić information content (AvgIpc) is 2.45. The molecule has 1 aromatic heterocycles. The van der Waals surface area contributed by atoms with Gasteiger partial charge < -0.3 is 4.52 Å². The third-order valence-corrected chi connectivity index (χ3v) is 2.41. The molecule has 0 aromatic carbocycles. The largest absolute Gasteiger partial charge is 0.361 e. The van der Waals surface area contributed by atoms with E-state index in [4.69, 9.17) is 4.52 Å². The third-order valence-electron chi connectivity index (χ3n) is 1.95. The lowest BCUT2D eigenvalue weighted by Crippen LogP contribution is -1.90. The van der Waals surface area contributed by atoms with Gasteiger partial charge >= 0.3 is 0 Å². The van der Waals surface area contributed by atoms with E-state index in [0.717, 1.165) is 17.9 Å². The lowest BCUT2D eigenvalue weighted by molar-refractivity contribution is 0.375. The molecule has 0 N–H and O–H groups in total. The van der Waals surface area contributed by atoms with Gasteiger partial charge in [-0.15, -0.1) is 0 Å². The van der Waals surface area contributed by atoms with E-state index >= 15 is 0 Å². The minimum absolute atomic E-state index is 0.629.